The topological polar surface area (TPSA) is 18.5 Å². The second-order valence-corrected chi connectivity index (χ2v) is 2.96. The van der Waals surface area contributed by atoms with Gasteiger partial charge in [-0.05, 0) is 18.6 Å². The molecule has 0 aromatic carbocycles. The standard InChI is InChI=1S/C10H12O2/c1-8-11-7-10(12-8)6-9-4-2-3-5-9/h2-6,8,10H,7H2,1H3. The molecule has 0 amide bonds. The van der Waals surface area contributed by atoms with Crippen LogP contribution >= 0.6 is 0 Å². The Hall–Kier alpha value is -0.860. The normalized spacial score (nSPS) is 33.2. The van der Waals surface area contributed by atoms with Crippen molar-refractivity contribution in [2.75, 3.05) is 6.61 Å². The number of rotatable bonds is 1. The van der Waals surface area contributed by atoms with Gasteiger partial charge in [0, 0.05) is 0 Å². The number of allylic oxidation sites excluding steroid dienone is 5. The second-order valence-electron chi connectivity index (χ2n) is 2.96. The first-order chi connectivity index (χ1) is 5.84. The summed E-state index contributed by atoms with van der Waals surface area (Å²) in [6.07, 6.45) is 10.3. The van der Waals surface area contributed by atoms with Gasteiger partial charge in [0.25, 0.3) is 0 Å². The fourth-order valence-electron chi connectivity index (χ4n) is 1.36. The smallest absolute Gasteiger partial charge is 0.155 e. The third kappa shape index (κ3) is 1.65. The van der Waals surface area contributed by atoms with E-state index in [4.69, 9.17) is 9.47 Å². The lowest BCUT2D eigenvalue weighted by Gasteiger charge is -2.02. The summed E-state index contributed by atoms with van der Waals surface area (Å²) in [5, 5.41) is 0. The Kier molecular flexibility index (Phi) is 2.11. The van der Waals surface area contributed by atoms with E-state index in [1.165, 1.54) is 5.57 Å². The zero-order valence-electron chi connectivity index (χ0n) is 7.07. The Morgan fingerprint density at radius 2 is 2.17 bits per heavy atom. The van der Waals surface area contributed by atoms with Gasteiger partial charge in [-0.25, -0.2) is 0 Å². The molecule has 2 atom stereocenters. The molecule has 1 aliphatic carbocycles. The maximum atomic E-state index is 5.46. The average Bonchev–Trinajstić information content (AvgIpc) is 2.63. The van der Waals surface area contributed by atoms with Gasteiger partial charge in [-0.15, -0.1) is 0 Å². The van der Waals surface area contributed by atoms with Crippen LogP contribution in [-0.2, 0) is 9.47 Å². The molecule has 12 heavy (non-hydrogen) atoms. The van der Waals surface area contributed by atoms with E-state index in [9.17, 15) is 0 Å². The lowest BCUT2D eigenvalue weighted by Crippen LogP contribution is -2.07. The van der Waals surface area contributed by atoms with Crippen LogP contribution < -0.4 is 0 Å². The van der Waals surface area contributed by atoms with Crippen LogP contribution in [0.15, 0.2) is 36.0 Å². The van der Waals surface area contributed by atoms with Crippen molar-refractivity contribution in [2.24, 2.45) is 0 Å². The Balaban J connectivity index is 1.98. The number of hydrogen-bond donors (Lipinski definition) is 0. The van der Waals surface area contributed by atoms with Crippen LogP contribution in [0.4, 0.5) is 0 Å². The van der Waals surface area contributed by atoms with Gasteiger partial charge < -0.3 is 9.47 Å². The molecule has 0 saturated carbocycles. The van der Waals surface area contributed by atoms with Crippen LogP contribution in [0, 0.1) is 0 Å². The molecule has 2 nitrogen and oxygen atoms in total. The van der Waals surface area contributed by atoms with E-state index in [1.54, 1.807) is 0 Å². The van der Waals surface area contributed by atoms with Crippen molar-refractivity contribution in [3.63, 3.8) is 0 Å². The van der Waals surface area contributed by atoms with E-state index < -0.39 is 0 Å². The largest absolute Gasteiger partial charge is 0.350 e. The van der Waals surface area contributed by atoms with Crippen molar-refractivity contribution in [2.45, 2.75) is 19.3 Å². The quantitative estimate of drug-likeness (QED) is 0.588. The predicted molar refractivity (Wildman–Crippen MR) is 46.7 cm³/mol. The summed E-state index contributed by atoms with van der Waals surface area (Å²) in [6, 6.07) is 0. The first-order valence-corrected chi connectivity index (χ1v) is 4.18. The van der Waals surface area contributed by atoms with Crippen LogP contribution in [-0.4, -0.2) is 19.0 Å². The molecule has 64 valence electrons. The van der Waals surface area contributed by atoms with Gasteiger partial charge in [0.1, 0.15) is 6.10 Å². The van der Waals surface area contributed by atoms with Gasteiger partial charge in [-0.1, -0.05) is 24.3 Å². The monoisotopic (exact) mass is 164 g/mol. The fourth-order valence-corrected chi connectivity index (χ4v) is 1.36. The molecule has 0 N–H and O–H groups in total. The molecular weight excluding hydrogens is 152 g/mol. The van der Waals surface area contributed by atoms with Crippen molar-refractivity contribution in [3.05, 3.63) is 36.0 Å². The Bertz CT molecular complexity index is 237. The molecule has 0 spiro atoms. The molecule has 2 rings (SSSR count). The highest BCUT2D eigenvalue weighted by atomic mass is 16.7. The first-order valence-electron chi connectivity index (χ1n) is 4.18. The van der Waals surface area contributed by atoms with E-state index in [2.05, 4.69) is 18.2 Å². The molecule has 1 fully saturated rings. The fraction of sp³-hybridized carbons (Fsp3) is 0.400. The summed E-state index contributed by atoms with van der Waals surface area (Å²) in [7, 11) is 0. The van der Waals surface area contributed by atoms with E-state index in [0.717, 1.165) is 0 Å². The van der Waals surface area contributed by atoms with E-state index in [-0.39, 0.29) is 12.4 Å². The average molecular weight is 164 g/mol. The van der Waals surface area contributed by atoms with E-state index >= 15 is 0 Å². The molecule has 1 saturated heterocycles. The summed E-state index contributed by atoms with van der Waals surface area (Å²) in [5.74, 6) is 0. The van der Waals surface area contributed by atoms with Crippen molar-refractivity contribution in [1.82, 2.24) is 0 Å². The van der Waals surface area contributed by atoms with Crippen LogP contribution in [0.25, 0.3) is 0 Å². The highest BCUT2D eigenvalue weighted by molar-refractivity contribution is 5.40. The molecule has 1 aliphatic heterocycles. The Labute approximate surface area is 72.2 Å². The minimum atomic E-state index is -0.0544. The molecule has 0 bridgehead atoms. The van der Waals surface area contributed by atoms with Crippen LogP contribution in [0.5, 0.6) is 0 Å². The molecule has 2 unspecified atom stereocenters. The van der Waals surface area contributed by atoms with Crippen molar-refractivity contribution in [1.29, 1.82) is 0 Å². The highest BCUT2D eigenvalue weighted by Crippen LogP contribution is 2.16. The van der Waals surface area contributed by atoms with Gasteiger partial charge in [0.05, 0.1) is 6.61 Å². The van der Waals surface area contributed by atoms with E-state index in [0.29, 0.717) is 6.61 Å². The minimum Gasteiger partial charge on any atom is -0.350 e. The lowest BCUT2D eigenvalue weighted by molar-refractivity contribution is -0.0349. The maximum absolute atomic E-state index is 5.46. The van der Waals surface area contributed by atoms with E-state index in [1.807, 2.05) is 19.1 Å². The van der Waals surface area contributed by atoms with Gasteiger partial charge in [0.2, 0.25) is 0 Å². The summed E-state index contributed by atoms with van der Waals surface area (Å²) in [5.41, 5.74) is 1.21. The van der Waals surface area contributed by atoms with Crippen molar-refractivity contribution >= 4 is 0 Å². The van der Waals surface area contributed by atoms with Crippen molar-refractivity contribution in [3.8, 4) is 0 Å². The molecule has 2 heteroatoms. The molecule has 2 aliphatic rings. The third-order valence-electron chi connectivity index (χ3n) is 1.93. The third-order valence-corrected chi connectivity index (χ3v) is 1.93. The second kappa shape index (κ2) is 3.25. The van der Waals surface area contributed by atoms with Gasteiger partial charge in [0.15, 0.2) is 6.29 Å². The summed E-state index contributed by atoms with van der Waals surface area (Å²) in [4.78, 5) is 0. The molecule has 0 aromatic rings. The maximum Gasteiger partial charge on any atom is 0.155 e. The summed E-state index contributed by atoms with van der Waals surface area (Å²) < 4.78 is 10.7. The zero-order chi connectivity index (χ0) is 8.39. The minimum absolute atomic E-state index is 0.0544. The lowest BCUT2D eigenvalue weighted by atomic mass is 10.2. The number of hydrogen-bond acceptors (Lipinski definition) is 2. The van der Waals surface area contributed by atoms with Crippen LogP contribution in [0.1, 0.15) is 6.92 Å². The zero-order valence-corrected chi connectivity index (χ0v) is 7.07. The molecule has 0 radical (unpaired) electrons. The number of ether oxygens (including phenoxy) is 2. The molecule has 1 heterocycles. The summed E-state index contributed by atoms with van der Waals surface area (Å²) >= 11 is 0. The van der Waals surface area contributed by atoms with Crippen LogP contribution in [0.3, 0.4) is 0 Å². The molecular formula is C10H12O2. The molecule has 0 aromatic heterocycles. The first kappa shape index (κ1) is 7.77. The van der Waals surface area contributed by atoms with Crippen LogP contribution in [0.2, 0.25) is 0 Å². The Morgan fingerprint density at radius 3 is 2.75 bits per heavy atom. The highest BCUT2D eigenvalue weighted by Gasteiger charge is 2.20. The summed E-state index contributed by atoms with van der Waals surface area (Å²) in [6.45, 7) is 2.59. The van der Waals surface area contributed by atoms with Gasteiger partial charge >= 0.3 is 0 Å². The SMILES string of the molecule is CC1OCC(C=C2C=CC=C2)O1. The predicted octanol–water partition coefficient (Wildman–Crippen LogP) is 1.80. The Morgan fingerprint density at radius 1 is 1.42 bits per heavy atom. The van der Waals surface area contributed by atoms with Gasteiger partial charge in [-0.3, -0.25) is 0 Å². The van der Waals surface area contributed by atoms with Crippen molar-refractivity contribution < 1.29 is 9.47 Å². The van der Waals surface area contributed by atoms with Gasteiger partial charge in [-0.2, -0.15) is 0 Å².